The van der Waals surface area contributed by atoms with E-state index >= 15 is 0 Å². The van der Waals surface area contributed by atoms with Crippen LogP contribution < -0.4 is 9.64 Å². The van der Waals surface area contributed by atoms with E-state index in [1.54, 1.807) is 18.2 Å². The van der Waals surface area contributed by atoms with Crippen LogP contribution in [0.15, 0.2) is 69.6 Å². The maximum absolute atomic E-state index is 11.3. The summed E-state index contributed by atoms with van der Waals surface area (Å²) in [5.74, 6) is 0.866. The first-order valence-electron chi connectivity index (χ1n) is 13.1. The first-order valence-corrected chi connectivity index (χ1v) is 13.9. The minimum atomic E-state index is -1.07. The summed E-state index contributed by atoms with van der Waals surface area (Å²) in [7, 11) is 0. The number of carboxylic acid groups (broad SMARTS) is 1. The molecule has 0 unspecified atom stereocenters. The Bertz CT molecular complexity index is 1750. The Morgan fingerprint density at radius 1 is 1.05 bits per heavy atom. The van der Waals surface area contributed by atoms with Crippen LogP contribution >= 0.6 is 23.2 Å². The lowest BCUT2D eigenvalue weighted by molar-refractivity contribution is 0.0665. The van der Waals surface area contributed by atoms with Crippen molar-refractivity contribution < 1.29 is 23.6 Å². The first-order chi connectivity index (χ1) is 19.4. The molecule has 0 saturated heterocycles. The van der Waals surface area contributed by atoms with Crippen LogP contribution in [0.3, 0.4) is 0 Å². The third-order valence-corrected chi connectivity index (χ3v) is 8.25. The van der Waals surface area contributed by atoms with Crippen molar-refractivity contribution in [3.8, 4) is 17.0 Å². The van der Waals surface area contributed by atoms with Crippen LogP contribution in [0, 0.1) is 0 Å². The Balaban J connectivity index is 1.10. The fourth-order valence-electron chi connectivity index (χ4n) is 5.38. The Kier molecular flexibility index (Phi) is 6.21. The molecule has 3 heterocycles. The SMILES string of the molecule is O=C(O)c1cc2cc(N3CCc4cc(OCc5c(-c6c(Cl)cccc6Cl)noc5C5CC5)ccc4C3)ccc2o1. The molecule has 2 aliphatic rings. The summed E-state index contributed by atoms with van der Waals surface area (Å²) in [6.45, 7) is 1.88. The molecular formula is C31H24Cl2N2O5. The number of hydrogen-bond acceptors (Lipinski definition) is 6. The van der Waals surface area contributed by atoms with Crippen molar-refractivity contribution in [2.75, 3.05) is 11.4 Å². The molecular weight excluding hydrogens is 551 g/mol. The molecule has 1 N–H and O–H groups in total. The van der Waals surface area contributed by atoms with Gasteiger partial charge in [0.2, 0.25) is 5.76 Å². The van der Waals surface area contributed by atoms with Crippen LogP contribution in [0.5, 0.6) is 5.75 Å². The smallest absolute Gasteiger partial charge is 0.371 e. The maximum Gasteiger partial charge on any atom is 0.371 e. The van der Waals surface area contributed by atoms with E-state index in [0.29, 0.717) is 39.4 Å². The van der Waals surface area contributed by atoms with Gasteiger partial charge in [-0.15, -0.1) is 0 Å². The number of benzene rings is 3. The highest BCUT2D eigenvalue weighted by Gasteiger charge is 2.33. The lowest BCUT2D eigenvalue weighted by Crippen LogP contribution is -2.30. The predicted molar refractivity (Wildman–Crippen MR) is 153 cm³/mol. The Morgan fingerprint density at radius 2 is 1.88 bits per heavy atom. The zero-order chi connectivity index (χ0) is 27.4. The zero-order valence-electron chi connectivity index (χ0n) is 21.3. The number of ether oxygens (including phenoxy) is 1. The molecule has 0 spiro atoms. The van der Waals surface area contributed by atoms with Crippen LogP contribution in [-0.4, -0.2) is 22.8 Å². The van der Waals surface area contributed by atoms with E-state index in [9.17, 15) is 9.90 Å². The summed E-state index contributed by atoms with van der Waals surface area (Å²) in [5.41, 5.74) is 6.26. The van der Waals surface area contributed by atoms with Crippen molar-refractivity contribution in [1.82, 2.24) is 5.16 Å². The highest BCUT2D eigenvalue weighted by Crippen LogP contribution is 2.46. The van der Waals surface area contributed by atoms with Crippen LogP contribution in [-0.2, 0) is 19.6 Å². The van der Waals surface area contributed by atoms with Gasteiger partial charge in [-0.2, -0.15) is 0 Å². The van der Waals surface area contributed by atoms with Crippen LogP contribution in [0.2, 0.25) is 10.0 Å². The molecule has 202 valence electrons. The average Bonchev–Trinajstić information content (AvgIpc) is 3.56. The molecule has 1 fully saturated rings. The molecule has 5 aromatic rings. The van der Waals surface area contributed by atoms with Crippen LogP contribution in [0.1, 0.15) is 51.8 Å². The van der Waals surface area contributed by atoms with Gasteiger partial charge in [-0.1, -0.05) is 40.5 Å². The topological polar surface area (TPSA) is 88.9 Å². The summed E-state index contributed by atoms with van der Waals surface area (Å²) < 4.78 is 17.5. The summed E-state index contributed by atoms with van der Waals surface area (Å²) in [6, 6.07) is 19.0. The van der Waals surface area contributed by atoms with Gasteiger partial charge in [0, 0.05) is 35.6 Å². The van der Waals surface area contributed by atoms with Crippen molar-refractivity contribution in [2.24, 2.45) is 0 Å². The predicted octanol–water partition coefficient (Wildman–Crippen LogP) is 8.11. The zero-order valence-corrected chi connectivity index (χ0v) is 22.8. The number of furan rings is 1. The third-order valence-electron chi connectivity index (χ3n) is 7.62. The number of aromatic nitrogens is 1. The van der Waals surface area contributed by atoms with Crippen molar-refractivity contribution >= 4 is 45.8 Å². The van der Waals surface area contributed by atoms with Gasteiger partial charge in [0.15, 0.2) is 0 Å². The van der Waals surface area contributed by atoms with Gasteiger partial charge in [-0.3, -0.25) is 0 Å². The van der Waals surface area contributed by atoms with Gasteiger partial charge in [0.1, 0.15) is 29.4 Å². The van der Waals surface area contributed by atoms with Gasteiger partial charge < -0.3 is 23.7 Å². The molecule has 0 bridgehead atoms. The Morgan fingerprint density at radius 3 is 2.65 bits per heavy atom. The molecule has 9 heteroatoms. The fraction of sp³-hybridized carbons (Fsp3) is 0.226. The van der Waals surface area contributed by atoms with Gasteiger partial charge in [-0.05, 0) is 78.9 Å². The fourth-order valence-corrected chi connectivity index (χ4v) is 5.95. The number of carboxylic acids is 1. The normalized spacial score (nSPS) is 14.9. The molecule has 0 amide bonds. The van der Waals surface area contributed by atoms with E-state index in [-0.39, 0.29) is 5.76 Å². The second kappa shape index (κ2) is 9.91. The molecule has 0 atom stereocenters. The molecule has 40 heavy (non-hydrogen) atoms. The number of halogens is 2. The molecule has 1 aliphatic carbocycles. The van der Waals surface area contributed by atoms with E-state index in [1.165, 1.54) is 11.1 Å². The molecule has 7 rings (SSSR count). The highest BCUT2D eigenvalue weighted by atomic mass is 35.5. The maximum atomic E-state index is 11.3. The molecule has 3 aromatic carbocycles. The van der Waals surface area contributed by atoms with Gasteiger partial charge in [0.25, 0.3) is 0 Å². The van der Waals surface area contributed by atoms with Crippen molar-refractivity contribution in [1.29, 1.82) is 0 Å². The van der Waals surface area contributed by atoms with E-state index in [2.05, 4.69) is 22.2 Å². The van der Waals surface area contributed by atoms with E-state index < -0.39 is 5.97 Å². The molecule has 1 aliphatic heterocycles. The van der Waals surface area contributed by atoms with E-state index in [1.807, 2.05) is 30.3 Å². The summed E-state index contributed by atoms with van der Waals surface area (Å²) >= 11 is 13.0. The monoisotopic (exact) mass is 574 g/mol. The van der Waals surface area contributed by atoms with Crippen LogP contribution in [0.25, 0.3) is 22.2 Å². The minimum absolute atomic E-state index is 0.0544. The number of nitrogens with zero attached hydrogens (tertiary/aromatic N) is 2. The summed E-state index contributed by atoms with van der Waals surface area (Å²) in [5, 5.41) is 15.4. The third kappa shape index (κ3) is 4.59. The highest BCUT2D eigenvalue weighted by molar-refractivity contribution is 6.39. The number of fused-ring (bicyclic) bond motifs is 2. The molecule has 2 aromatic heterocycles. The van der Waals surface area contributed by atoms with Gasteiger partial charge in [0.05, 0.1) is 15.6 Å². The molecule has 1 saturated carbocycles. The van der Waals surface area contributed by atoms with Gasteiger partial charge >= 0.3 is 5.97 Å². The Hall–Kier alpha value is -3.94. The summed E-state index contributed by atoms with van der Waals surface area (Å²) in [6.07, 6.45) is 3.00. The quantitative estimate of drug-likeness (QED) is 0.210. The Labute approximate surface area is 239 Å². The number of aromatic carboxylic acids is 1. The number of rotatable bonds is 7. The van der Waals surface area contributed by atoms with E-state index in [0.717, 1.165) is 60.5 Å². The average molecular weight is 575 g/mol. The first kappa shape index (κ1) is 25.1. The van der Waals surface area contributed by atoms with Gasteiger partial charge in [-0.25, -0.2) is 4.79 Å². The number of hydrogen-bond donors (Lipinski definition) is 1. The lowest BCUT2D eigenvalue weighted by Gasteiger charge is -2.31. The minimum Gasteiger partial charge on any atom is -0.489 e. The van der Waals surface area contributed by atoms with E-state index in [4.69, 9.17) is 36.9 Å². The second-order valence-electron chi connectivity index (χ2n) is 10.3. The van der Waals surface area contributed by atoms with Crippen molar-refractivity contribution in [2.45, 2.75) is 38.3 Å². The second-order valence-corrected chi connectivity index (χ2v) is 11.1. The standard InChI is InChI=1S/C31H24Cl2N2O5/c32-24-2-1-3-25(33)28(24)29-23(30(40-34-29)17-4-5-17)16-38-22-8-6-19-15-35(11-10-18(19)13-22)21-7-9-26-20(12-21)14-27(39-26)31(36)37/h1-3,6-9,12-14,17H,4-5,10-11,15-16H2,(H,36,37). The molecule has 0 radical (unpaired) electrons. The van der Waals surface area contributed by atoms with Crippen molar-refractivity contribution in [3.05, 3.63) is 98.9 Å². The van der Waals surface area contributed by atoms with Crippen molar-refractivity contribution in [3.63, 3.8) is 0 Å². The largest absolute Gasteiger partial charge is 0.489 e. The number of carbonyl (C=O) groups is 1. The van der Waals surface area contributed by atoms with Crippen LogP contribution in [0.4, 0.5) is 5.69 Å². The summed E-state index contributed by atoms with van der Waals surface area (Å²) in [4.78, 5) is 13.5. The molecule has 7 nitrogen and oxygen atoms in total. The number of anilines is 1. The lowest BCUT2D eigenvalue weighted by atomic mass is 9.98.